The smallest absolute Gasteiger partial charge is 0.264 e. The van der Waals surface area contributed by atoms with Crippen molar-refractivity contribution in [2.45, 2.75) is 13.8 Å². The molecule has 116 valence electrons. The van der Waals surface area contributed by atoms with Crippen LogP contribution in [0.3, 0.4) is 0 Å². The number of amides is 1. The maximum Gasteiger partial charge on any atom is 0.264 e. The molecule has 1 amide bonds. The van der Waals surface area contributed by atoms with Crippen molar-refractivity contribution >= 4 is 46.2 Å². The second kappa shape index (κ2) is 6.60. The van der Waals surface area contributed by atoms with Crippen LogP contribution < -0.4 is 5.32 Å². The van der Waals surface area contributed by atoms with Gasteiger partial charge in [0.2, 0.25) is 0 Å². The number of carbonyl (C=O) groups excluding carboxylic acids is 1. The number of benzene rings is 2. The Morgan fingerprint density at radius 2 is 1.87 bits per heavy atom. The Kier molecular flexibility index (Phi) is 4.55. The molecule has 0 bridgehead atoms. The average molecular weight is 343 g/mol. The predicted molar refractivity (Wildman–Crippen MR) is 98.2 cm³/mol. The summed E-state index contributed by atoms with van der Waals surface area (Å²) >= 11 is 7.22. The number of aryl methyl sites for hydroxylation is 2. The first-order valence-electron chi connectivity index (χ1n) is 7.14. The number of amidine groups is 1. The molecule has 0 radical (unpaired) electrons. The van der Waals surface area contributed by atoms with E-state index in [2.05, 4.69) is 16.4 Å². The Balaban J connectivity index is 1.84. The van der Waals surface area contributed by atoms with E-state index in [4.69, 9.17) is 11.6 Å². The van der Waals surface area contributed by atoms with Gasteiger partial charge in [0, 0.05) is 5.02 Å². The van der Waals surface area contributed by atoms with E-state index >= 15 is 0 Å². The third-order valence-corrected chi connectivity index (χ3v) is 4.55. The molecule has 1 aliphatic rings. The third kappa shape index (κ3) is 3.84. The van der Waals surface area contributed by atoms with Gasteiger partial charge in [-0.2, -0.15) is 0 Å². The molecule has 0 aliphatic carbocycles. The topological polar surface area (TPSA) is 41.5 Å². The molecule has 1 fully saturated rings. The van der Waals surface area contributed by atoms with E-state index in [0.29, 0.717) is 15.1 Å². The molecule has 0 spiro atoms. The van der Waals surface area contributed by atoms with Crippen LogP contribution in [0.1, 0.15) is 16.7 Å². The minimum absolute atomic E-state index is 0.131. The zero-order chi connectivity index (χ0) is 16.4. The van der Waals surface area contributed by atoms with Crippen LogP contribution in [-0.2, 0) is 4.79 Å². The van der Waals surface area contributed by atoms with Gasteiger partial charge in [0.25, 0.3) is 5.91 Å². The fourth-order valence-corrected chi connectivity index (χ4v) is 3.19. The normalized spacial score (nSPS) is 17.8. The maximum absolute atomic E-state index is 12.1. The van der Waals surface area contributed by atoms with Crippen molar-refractivity contribution in [2.75, 3.05) is 0 Å². The summed E-state index contributed by atoms with van der Waals surface area (Å²) in [5.74, 6) is -0.131. The van der Waals surface area contributed by atoms with Crippen molar-refractivity contribution in [1.29, 1.82) is 0 Å². The molecule has 0 unspecified atom stereocenters. The van der Waals surface area contributed by atoms with Crippen LogP contribution >= 0.6 is 23.4 Å². The summed E-state index contributed by atoms with van der Waals surface area (Å²) in [6.45, 7) is 4.06. The van der Waals surface area contributed by atoms with E-state index in [0.717, 1.165) is 16.8 Å². The minimum Gasteiger partial charge on any atom is -0.300 e. The Labute approximate surface area is 144 Å². The second-order valence-corrected chi connectivity index (χ2v) is 6.79. The number of halogens is 1. The van der Waals surface area contributed by atoms with Gasteiger partial charge >= 0.3 is 0 Å². The van der Waals surface area contributed by atoms with Crippen molar-refractivity contribution in [3.05, 3.63) is 69.1 Å². The van der Waals surface area contributed by atoms with Crippen molar-refractivity contribution < 1.29 is 4.79 Å². The number of nitrogens with one attached hydrogen (secondary N) is 1. The Morgan fingerprint density at radius 3 is 2.57 bits per heavy atom. The van der Waals surface area contributed by atoms with Gasteiger partial charge in [-0.1, -0.05) is 41.4 Å². The maximum atomic E-state index is 12.1. The molecule has 1 aliphatic heterocycles. The first-order chi connectivity index (χ1) is 11.0. The monoisotopic (exact) mass is 342 g/mol. The molecular formula is C18H15ClN2OS. The van der Waals surface area contributed by atoms with Crippen molar-refractivity contribution in [2.24, 2.45) is 4.99 Å². The number of carbonyl (C=O) groups is 1. The van der Waals surface area contributed by atoms with E-state index < -0.39 is 0 Å². The second-order valence-electron chi connectivity index (χ2n) is 5.32. The summed E-state index contributed by atoms with van der Waals surface area (Å²) in [4.78, 5) is 17.2. The van der Waals surface area contributed by atoms with Crippen LogP contribution in [-0.4, -0.2) is 11.1 Å². The third-order valence-electron chi connectivity index (χ3n) is 3.39. The summed E-state index contributed by atoms with van der Waals surface area (Å²) in [5, 5.41) is 4.08. The van der Waals surface area contributed by atoms with Gasteiger partial charge in [-0.05, 0) is 61.0 Å². The molecule has 1 saturated heterocycles. The molecular weight excluding hydrogens is 328 g/mol. The molecule has 0 saturated carbocycles. The lowest BCUT2D eigenvalue weighted by molar-refractivity contribution is -0.115. The van der Waals surface area contributed by atoms with E-state index in [-0.39, 0.29) is 5.91 Å². The van der Waals surface area contributed by atoms with Crippen LogP contribution in [0, 0.1) is 13.8 Å². The molecule has 0 aromatic heterocycles. The first kappa shape index (κ1) is 15.8. The van der Waals surface area contributed by atoms with Crippen LogP contribution in [0.5, 0.6) is 0 Å². The fraction of sp³-hybridized carbons (Fsp3) is 0.111. The van der Waals surface area contributed by atoms with Gasteiger partial charge in [-0.15, -0.1) is 0 Å². The van der Waals surface area contributed by atoms with Gasteiger partial charge in [0.05, 0.1) is 10.6 Å². The van der Waals surface area contributed by atoms with Crippen molar-refractivity contribution in [3.8, 4) is 0 Å². The highest BCUT2D eigenvalue weighted by Gasteiger charge is 2.23. The highest BCUT2D eigenvalue weighted by atomic mass is 35.5. The highest BCUT2D eigenvalue weighted by molar-refractivity contribution is 8.18. The lowest BCUT2D eigenvalue weighted by Crippen LogP contribution is -2.19. The Bertz CT molecular complexity index is 825. The number of hydrogen-bond acceptors (Lipinski definition) is 3. The molecule has 1 heterocycles. The van der Waals surface area contributed by atoms with Crippen LogP contribution in [0.15, 0.2) is 52.4 Å². The Hall–Kier alpha value is -2.04. The molecule has 5 heteroatoms. The predicted octanol–water partition coefficient (Wildman–Crippen LogP) is 4.85. The summed E-state index contributed by atoms with van der Waals surface area (Å²) in [7, 11) is 0. The largest absolute Gasteiger partial charge is 0.300 e. The fourth-order valence-electron chi connectivity index (χ4n) is 2.23. The quantitative estimate of drug-likeness (QED) is 0.793. The first-order valence-corrected chi connectivity index (χ1v) is 8.33. The van der Waals surface area contributed by atoms with Gasteiger partial charge in [-0.25, -0.2) is 4.99 Å². The summed E-state index contributed by atoms with van der Waals surface area (Å²) in [6, 6.07) is 13.4. The van der Waals surface area contributed by atoms with Crippen LogP contribution in [0.2, 0.25) is 5.02 Å². The van der Waals surface area contributed by atoms with E-state index in [9.17, 15) is 4.79 Å². The number of nitrogens with zero attached hydrogens (tertiary/aromatic N) is 1. The Morgan fingerprint density at radius 1 is 1.13 bits per heavy atom. The zero-order valence-corrected chi connectivity index (χ0v) is 14.3. The molecule has 3 nitrogen and oxygen atoms in total. The zero-order valence-electron chi connectivity index (χ0n) is 12.8. The van der Waals surface area contributed by atoms with Gasteiger partial charge in [0.15, 0.2) is 5.17 Å². The molecule has 23 heavy (non-hydrogen) atoms. The molecule has 3 rings (SSSR count). The molecule has 0 atom stereocenters. The van der Waals surface area contributed by atoms with Gasteiger partial charge in [0.1, 0.15) is 0 Å². The molecule has 1 N–H and O–H groups in total. The molecule has 2 aromatic rings. The standard InChI is InChI=1S/C18H15ClN2OS/c1-11-3-8-15(12(2)9-11)20-18-21-17(22)16(23-18)10-13-4-6-14(19)7-5-13/h3-10H,1-2H3,(H,20,21,22)/b16-10-. The van der Waals surface area contributed by atoms with Gasteiger partial charge in [-0.3, -0.25) is 4.79 Å². The summed E-state index contributed by atoms with van der Waals surface area (Å²) in [5.41, 5.74) is 4.08. The van der Waals surface area contributed by atoms with E-state index in [1.165, 1.54) is 17.3 Å². The van der Waals surface area contributed by atoms with E-state index in [1.54, 1.807) is 12.1 Å². The van der Waals surface area contributed by atoms with Gasteiger partial charge < -0.3 is 5.32 Å². The highest BCUT2D eigenvalue weighted by Crippen LogP contribution is 2.29. The SMILES string of the molecule is Cc1ccc(N=C2NC(=O)/C(=C/c3ccc(Cl)cc3)S2)c(C)c1. The average Bonchev–Trinajstić information content (AvgIpc) is 2.84. The van der Waals surface area contributed by atoms with Crippen LogP contribution in [0.4, 0.5) is 5.69 Å². The summed E-state index contributed by atoms with van der Waals surface area (Å²) < 4.78 is 0. The van der Waals surface area contributed by atoms with Crippen molar-refractivity contribution in [3.63, 3.8) is 0 Å². The number of hydrogen-bond donors (Lipinski definition) is 1. The number of aliphatic imine (C=N–C) groups is 1. The number of thioether (sulfide) groups is 1. The summed E-state index contributed by atoms with van der Waals surface area (Å²) in [6.07, 6.45) is 1.83. The van der Waals surface area contributed by atoms with Crippen LogP contribution in [0.25, 0.3) is 6.08 Å². The van der Waals surface area contributed by atoms with Crippen molar-refractivity contribution in [1.82, 2.24) is 5.32 Å². The lowest BCUT2D eigenvalue weighted by atomic mass is 10.1. The lowest BCUT2D eigenvalue weighted by Gasteiger charge is -2.02. The minimum atomic E-state index is -0.131. The van der Waals surface area contributed by atoms with E-state index in [1.807, 2.05) is 44.2 Å². The molecule has 2 aromatic carbocycles. The number of rotatable bonds is 2.